The number of piperidine rings is 1. The molecule has 0 radical (unpaired) electrons. The number of hydrogen-bond acceptors (Lipinski definition) is 3. The molecule has 0 spiro atoms. The van der Waals surface area contributed by atoms with Crippen LogP contribution in [0.15, 0.2) is 18.7 Å². The fraction of sp³-hybridized carbons (Fsp3) is 0.600. The summed E-state index contributed by atoms with van der Waals surface area (Å²) in [6, 6.07) is 0.975. The second-order valence-electron chi connectivity index (χ2n) is 5.73. The fourth-order valence-electron chi connectivity index (χ4n) is 3.11. The first-order valence-corrected chi connectivity index (χ1v) is 7.50. The first kappa shape index (κ1) is 13.4. The van der Waals surface area contributed by atoms with Crippen LogP contribution in [0.1, 0.15) is 50.5 Å². The first-order valence-electron chi connectivity index (χ1n) is 7.50. The molecule has 5 nitrogen and oxygen atoms in total. The van der Waals surface area contributed by atoms with Crippen molar-refractivity contribution in [3.63, 3.8) is 0 Å². The van der Waals surface area contributed by atoms with Crippen molar-refractivity contribution < 1.29 is 0 Å². The predicted molar refractivity (Wildman–Crippen MR) is 78.9 cm³/mol. The second kappa shape index (κ2) is 5.40. The largest absolute Gasteiger partial charge is 0.306 e. The Kier molecular flexibility index (Phi) is 3.61. The molecule has 1 saturated heterocycles. The SMILES string of the molecule is CCc1nn(C)cc1-n1cncc1C1CCCC(C)N1. The van der Waals surface area contributed by atoms with Crippen LogP contribution in [0.2, 0.25) is 0 Å². The normalized spacial score (nSPS) is 23.1. The molecule has 2 aromatic rings. The van der Waals surface area contributed by atoms with Crippen LogP contribution < -0.4 is 5.32 Å². The highest BCUT2D eigenvalue weighted by atomic mass is 15.3. The third-order valence-electron chi connectivity index (χ3n) is 4.12. The predicted octanol–water partition coefficient (Wildman–Crippen LogP) is 2.37. The van der Waals surface area contributed by atoms with E-state index in [0.717, 1.165) is 17.8 Å². The van der Waals surface area contributed by atoms with Crippen molar-refractivity contribution in [3.05, 3.63) is 30.1 Å². The van der Waals surface area contributed by atoms with E-state index in [-0.39, 0.29) is 0 Å². The zero-order valence-corrected chi connectivity index (χ0v) is 12.5. The molecule has 3 rings (SSSR count). The van der Waals surface area contributed by atoms with Gasteiger partial charge in [0.25, 0.3) is 0 Å². The Bertz CT molecular complexity index is 583. The van der Waals surface area contributed by atoms with Crippen LogP contribution in [0.25, 0.3) is 5.69 Å². The lowest BCUT2D eigenvalue weighted by molar-refractivity contribution is 0.334. The van der Waals surface area contributed by atoms with E-state index in [1.54, 1.807) is 0 Å². The van der Waals surface area contributed by atoms with Crippen molar-refractivity contribution in [2.75, 3.05) is 0 Å². The molecule has 0 aliphatic carbocycles. The summed E-state index contributed by atoms with van der Waals surface area (Å²) in [4.78, 5) is 4.37. The van der Waals surface area contributed by atoms with E-state index in [1.807, 2.05) is 24.3 Å². The lowest BCUT2D eigenvalue weighted by atomic mass is 9.97. The van der Waals surface area contributed by atoms with Crippen molar-refractivity contribution in [2.24, 2.45) is 7.05 Å². The Balaban J connectivity index is 1.97. The Hall–Kier alpha value is -1.62. The van der Waals surface area contributed by atoms with Gasteiger partial charge >= 0.3 is 0 Å². The zero-order valence-electron chi connectivity index (χ0n) is 12.5. The van der Waals surface area contributed by atoms with Gasteiger partial charge in [0.15, 0.2) is 0 Å². The highest BCUT2D eigenvalue weighted by Crippen LogP contribution is 2.27. The van der Waals surface area contributed by atoms with Gasteiger partial charge in [-0.3, -0.25) is 9.25 Å². The summed E-state index contributed by atoms with van der Waals surface area (Å²) >= 11 is 0. The summed E-state index contributed by atoms with van der Waals surface area (Å²) in [6.07, 6.45) is 10.6. The molecule has 5 heteroatoms. The van der Waals surface area contributed by atoms with Gasteiger partial charge in [-0.1, -0.05) is 6.92 Å². The highest BCUT2D eigenvalue weighted by molar-refractivity contribution is 5.37. The summed E-state index contributed by atoms with van der Waals surface area (Å²) in [5.41, 5.74) is 3.53. The number of rotatable bonds is 3. The molecule has 1 fully saturated rings. The number of nitrogens with one attached hydrogen (secondary N) is 1. The Morgan fingerprint density at radius 2 is 2.25 bits per heavy atom. The smallest absolute Gasteiger partial charge is 0.0995 e. The second-order valence-corrected chi connectivity index (χ2v) is 5.73. The molecule has 1 aliphatic rings. The first-order chi connectivity index (χ1) is 9.69. The van der Waals surface area contributed by atoms with E-state index < -0.39 is 0 Å². The summed E-state index contributed by atoms with van der Waals surface area (Å²) in [6.45, 7) is 4.40. The number of imidazole rings is 1. The molecule has 2 unspecified atom stereocenters. The highest BCUT2D eigenvalue weighted by Gasteiger charge is 2.23. The molecule has 3 heterocycles. The summed E-state index contributed by atoms with van der Waals surface area (Å²) in [5, 5.41) is 8.22. The van der Waals surface area contributed by atoms with Gasteiger partial charge in [-0.25, -0.2) is 4.98 Å². The Morgan fingerprint density at radius 1 is 1.40 bits per heavy atom. The molecule has 20 heavy (non-hydrogen) atoms. The minimum atomic E-state index is 0.395. The fourth-order valence-corrected chi connectivity index (χ4v) is 3.11. The number of aryl methyl sites for hydroxylation is 2. The maximum Gasteiger partial charge on any atom is 0.0995 e. The van der Waals surface area contributed by atoms with Gasteiger partial charge in [-0.2, -0.15) is 5.10 Å². The van der Waals surface area contributed by atoms with Gasteiger partial charge in [0.2, 0.25) is 0 Å². The number of nitrogens with zero attached hydrogens (tertiary/aromatic N) is 4. The Labute approximate surface area is 120 Å². The molecule has 0 bridgehead atoms. The van der Waals surface area contributed by atoms with Crippen LogP contribution >= 0.6 is 0 Å². The van der Waals surface area contributed by atoms with Crippen LogP contribution in [0.5, 0.6) is 0 Å². The van der Waals surface area contributed by atoms with Gasteiger partial charge < -0.3 is 5.32 Å². The van der Waals surface area contributed by atoms with Gasteiger partial charge in [0.05, 0.1) is 29.6 Å². The summed E-state index contributed by atoms with van der Waals surface area (Å²) in [7, 11) is 1.97. The number of hydrogen-bond donors (Lipinski definition) is 1. The summed E-state index contributed by atoms with van der Waals surface area (Å²) < 4.78 is 4.08. The van der Waals surface area contributed by atoms with E-state index in [0.29, 0.717) is 12.1 Å². The molecule has 2 aromatic heterocycles. The molecular weight excluding hydrogens is 250 g/mol. The average Bonchev–Trinajstić information content (AvgIpc) is 3.04. The Morgan fingerprint density at radius 3 is 3.00 bits per heavy atom. The van der Waals surface area contributed by atoms with E-state index in [4.69, 9.17) is 0 Å². The quantitative estimate of drug-likeness (QED) is 0.934. The third-order valence-corrected chi connectivity index (χ3v) is 4.12. The van der Waals surface area contributed by atoms with Crippen LogP contribution in [0.3, 0.4) is 0 Å². The van der Waals surface area contributed by atoms with Crippen LogP contribution in [0, 0.1) is 0 Å². The summed E-state index contributed by atoms with van der Waals surface area (Å²) in [5.74, 6) is 0. The van der Waals surface area contributed by atoms with Gasteiger partial charge in [-0.15, -0.1) is 0 Å². The third kappa shape index (κ3) is 2.38. The topological polar surface area (TPSA) is 47.7 Å². The van der Waals surface area contributed by atoms with E-state index in [1.165, 1.54) is 25.0 Å². The van der Waals surface area contributed by atoms with Crippen molar-refractivity contribution in [1.29, 1.82) is 0 Å². The van der Waals surface area contributed by atoms with Crippen molar-refractivity contribution in [2.45, 2.75) is 51.6 Å². The molecule has 1 aliphatic heterocycles. The number of aromatic nitrogens is 4. The molecule has 1 N–H and O–H groups in total. The molecule has 2 atom stereocenters. The van der Waals surface area contributed by atoms with Gasteiger partial charge in [-0.05, 0) is 32.6 Å². The van der Waals surface area contributed by atoms with Crippen LogP contribution in [-0.4, -0.2) is 25.4 Å². The zero-order chi connectivity index (χ0) is 14.1. The van der Waals surface area contributed by atoms with E-state index >= 15 is 0 Å². The van der Waals surface area contributed by atoms with E-state index in [2.05, 4.69) is 40.0 Å². The van der Waals surface area contributed by atoms with Gasteiger partial charge in [0, 0.05) is 25.3 Å². The lowest BCUT2D eigenvalue weighted by Crippen LogP contribution is -2.35. The lowest BCUT2D eigenvalue weighted by Gasteiger charge is -2.29. The molecule has 0 saturated carbocycles. The average molecular weight is 273 g/mol. The van der Waals surface area contributed by atoms with E-state index in [9.17, 15) is 0 Å². The molecule has 0 amide bonds. The molecule has 108 valence electrons. The minimum absolute atomic E-state index is 0.395. The van der Waals surface area contributed by atoms with Gasteiger partial charge in [0.1, 0.15) is 0 Å². The minimum Gasteiger partial charge on any atom is -0.306 e. The monoisotopic (exact) mass is 273 g/mol. The van der Waals surface area contributed by atoms with Crippen molar-refractivity contribution in [1.82, 2.24) is 24.6 Å². The standard InChI is InChI=1S/C15H23N5/c1-4-12-15(9-19(3)18-12)20-10-16-8-14(20)13-7-5-6-11(2)17-13/h8-11,13,17H,4-7H2,1-3H3. The molecular formula is C15H23N5. The van der Waals surface area contributed by atoms with Crippen LogP contribution in [-0.2, 0) is 13.5 Å². The molecule has 0 aromatic carbocycles. The van der Waals surface area contributed by atoms with Crippen molar-refractivity contribution in [3.8, 4) is 5.69 Å². The maximum atomic E-state index is 4.53. The van der Waals surface area contributed by atoms with Crippen LogP contribution in [0.4, 0.5) is 0 Å². The maximum absolute atomic E-state index is 4.53. The van der Waals surface area contributed by atoms with Crippen molar-refractivity contribution >= 4 is 0 Å².